The highest BCUT2D eigenvalue weighted by Gasteiger charge is 2.27. The summed E-state index contributed by atoms with van der Waals surface area (Å²) in [7, 11) is 0. The van der Waals surface area contributed by atoms with Crippen molar-refractivity contribution in [3.05, 3.63) is 23.0 Å². The second-order valence-electron chi connectivity index (χ2n) is 5.02. The van der Waals surface area contributed by atoms with Gasteiger partial charge in [0.15, 0.2) is 0 Å². The normalized spacial score (nSPS) is 18.7. The monoisotopic (exact) mass is 318 g/mol. The van der Waals surface area contributed by atoms with Crippen molar-refractivity contribution in [2.45, 2.75) is 18.9 Å². The van der Waals surface area contributed by atoms with Crippen molar-refractivity contribution in [3.8, 4) is 10.7 Å². The van der Waals surface area contributed by atoms with Gasteiger partial charge in [0.25, 0.3) is 0 Å². The van der Waals surface area contributed by atoms with Crippen molar-refractivity contribution < 1.29 is 5.11 Å². The largest absolute Gasteiger partial charge is 0.394 e. The maximum absolute atomic E-state index is 9.52. The van der Waals surface area contributed by atoms with Gasteiger partial charge in [-0.3, -0.25) is 0 Å². The molecule has 3 aromatic heterocycles. The van der Waals surface area contributed by atoms with Crippen molar-refractivity contribution >= 4 is 38.8 Å². The van der Waals surface area contributed by atoms with Crippen molar-refractivity contribution in [1.29, 1.82) is 0 Å². The minimum Gasteiger partial charge on any atom is -0.394 e. The summed E-state index contributed by atoms with van der Waals surface area (Å²) in [6, 6.07) is 2.15. The molecule has 0 spiro atoms. The number of hydrogen-bond acceptors (Lipinski definition) is 7. The van der Waals surface area contributed by atoms with E-state index in [9.17, 15) is 5.11 Å². The molecule has 0 unspecified atom stereocenters. The van der Waals surface area contributed by atoms with Gasteiger partial charge in [0.05, 0.1) is 22.9 Å². The van der Waals surface area contributed by atoms with Gasteiger partial charge in [-0.1, -0.05) is 0 Å². The number of anilines is 1. The first kappa shape index (κ1) is 13.1. The molecule has 0 amide bonds. The average molecular weight is 318 g/mol. The topological polar surface area (TPSA) is 62.1 Å². The van der Waals surface area contributed by atoms with Gasteiger partial charge >= 0.3 is 0 Å². The van der Waals surface area contributed by atoms with E-state index < -0.39 is 0 Å². The van der Waals surface area contributed by atoms with E-state index in [1.165, 1.54) is 0 Å². The third-order valence-corrected chi connectivity index (χ3v) is 5.46. The molecule has 1 aliphatic heterocycles. The number of aliphatic hydroxyl groups excluding tert-OH is 1. The zero-order valence-corrected chi connectivity index (χ0v) is 12.9. The molecule has 4 rings (SSSR count). The Balaban J connectivity index is 1.87. The molecule has 0 aliphatic carbocycles. The van der Waals surface area contributed by atoms with Crippen LogP contribution in [0.1, 0.15) is 12.8 Å². The maximum atomic E-state index is 9.52. The average Bonchev–Trinajstić information content (AvgIpc) is 3.25. The molecule has 7 heteroatoms. The first-order chi connectivity index (χ1) is 10.4. The molecule has 1 aliphatic rings. The highest BCUT2D eigenvalue weighted by Crippen LogP contribution is 2.34. The molecule has 3 aromatic rings. The van der Waals surface area contributed by atoms with Gasteiger partial charge in [0.1, 0.15) is 10.7 Å². The van der Waals surface area contributed by atoms with Gasteiger partial charge in [-0.05, 0) is 24.3 Å². The number of thiophene rings is 1. The third kappa shape index (κ3) is 2.21. The van der Waals surface area contributed by atoms with Crippen LogP contribution in [0, 0.1) is 0 Å². The fourth-order valence-electron chi connectivity index (χ4n) is 2.75. The van der Waals surface area contributed by atoms with Gasteiger partial charge in [-0.2, -0.15) is 0 Å². The van der Waals surface area contributed by atoms with Crippen molar-refractivity contribution in [2.75, 3.05) is 18.1 Å². The summed E-state index contributed by atoms with van der Waals surface area (Å²) >= 11 is 3.23. The summed E-state index contributed by atoms with van der Waals surface area (Å²) in [4.78, 5) is 15.9. The van der Waals surface area contributed by atoms with E-state index in [0.717, 1.165) is 40.3 Å². The molecule has 4 heterocycles. The van der Waals surface area contributed by atoms with Gasteiger partial charge in [-0.25, -0.2) is 15.0 Å². The lowest BCUT2D eigenvalue weighted by Gasteiger charge is -2.23. The Labute approximate surface area is 129 Å². The smallest absolute Gasteiger partial charge is 0.226 e. The Morgan fingerprint density at radius 1 is 1.29 bits per heavy atom. The van der Waals surface area contributed by atoms with Crippen molar-refractivity contribution in [2.24, 2.45) is 0 Å². The fraction of sp³-hybridized carbons (Fsp3) is 0.357. The van der Waals surface area contributed by atoms with E-state index in [2.05, 4.69) is 14.9 Å². The molecule has 108 valence electrons. The second-order valence-corrected chi connectivity index (χ2v) is 6.83. The highest BCUT2D eigenvalue weighted by atomic mass is 32.1. The molecule has 0 aromatic carbocycles. The molecule has 1 fully saturated rings. The zero-order chi connectivity index (χ0) is 14.2. The summed E-state index contributed by atoms with van der Waals surface area (Å²) < 4.78 is 1.08. The summed E-state index contributed by atoms with van der Waals surface area (Å²) in [5.41, 5.74) is 1.86. The summed E-state index contributed by atoms with van der Waals surface area (Å²) in [6.07, 6.45) is 3.87. The summed E-state index contributed by atoms with van der Waals surface area (Å²) in [6.45, 7) is 1.05. The number of fused-ring (bicyclic) bond motifs is 1. The van der Waals surface area contributed by atoms with Crippen molar-refractivity contribution in [3.63, 3.8) is 0 Å². The third-order valence-electron chi connectivity index (χ3n) is 3.77. The lowest BCUT2D eigenvalue weighted by molar-refractivity contribution is 0.265. The molecule has 1 saturated heterocycles. The van der Waals surface area contributed by atoms with E-state index in [4.69, 9.17) is 4.98 Å². The summed E-state index contributed by atoms with van der Waals surface area (Å²) in [5, 5.41) is 14.4. The molecule has 21 heavy (non-hydrogen) atoms. The van der Waals surface area contributed by atoms with Gasteiger partial charge < -0.3 is 10.0 Å². The predicted octanol–water partition coefficient (Wildman–Crippen LogP) is 2.78. The number of thiazole rings is 1. The Hall–Kier alpha value is -1.57. The molecule has 1 N–H and O–H groups in total. The van der Waals surface area contributed by atoms with Crippen LogP contribution in [0.25, 0.3) is 20.9 Å². The predicted molar refractivity (Wildman–Crippen MR) is 86.0 cm³/mol. The van der Waals surface area contributed by atoms with E-state index in [1.54, 1.807) is 28.9 Å². The minimum atomic E-state index is 0.130. The van der Waals surface area contributed by atoms with Crippen LogP contribution in [0.2, 0.25) is 0 Å². The lowest BCUT2D eigenvalue weighted by atomic mass is 10.2. The number of aliphatic hydroxyl groups is 1. The molecule has 5 nitrogen and oxygen atoms in total. The molecule has 0 radical (unpaired) electrons. The zero-order valence-electron chi connectivity index (χ0n) is 11.3. The number of aromatic nitrogens is 3. The van der Waals surface area contributed by atoms with Crippen LogP contribution in [0.15, 0.2) is 23.0 Å². The van der Waals surface area contributed by atoms with Gasteiger partial charge in [-0.15, -0.1) is 22.7 Å². The second kappa shape index (κ2) is 5.32. The highest BCUT2D eigenvalue weighted by molar-refractivity contribution is 7.18. The lowest BCUT2D eigenvalue weighted by Crippen LogP contribution is -2.33. The van der Waals surface area contributed by atoms with Crippen LogP contribution < -0.4 is 4.90 Å². The SMILES string of the molecule is OC[C@H]1CCCN1c1nc(-c2nccs2)c2sccc2n1. The fourth-order valence-corrected chi connectivity index (χ4v) is 4.27. The number of rotatable bonds is 3. The van der Waals surface area contributed by atoms with Crippen LogP contribution in [0.5, 0.6) is 0 Å². The standard InChI is InChI=1S/C14H14N4OS2/c19-8-9-2-1-5-18(9)14-16-10-3-6-20-12(10)11(17-14)13-15-4-7-21-13/h3-4,6-7,9,19H,1-2,5,8H2/t9-/m1/s1. The van der Waals surface area contributed by atoms with Gasteiger partial charge in [0.2, 0.25) is 5.95 Å². The van der Waals surface area contributed by atoms with E-state index in [1.807, 2.05) is 16.8 Å². The van der Waals surface area contributed by atoms with Crippen molar-refractivity contribution in [1.82, 2.24) is 15.0 Å². The van der Waals surface area contributed by atoms with Crippen LogP contribution in [0.3, 0.4) is 0 Å². The Morgan fingerprint density at radius 3 is 3.05 bits per heavy atom. The molecular formula is C14H14N4OS2. The van der Waals surface area contributed by atoms with E-state index in [-0.39, 0.29) is 12.6 Å². The quantitative estimate of drug-likeness (QED) is 0.804. The minimum absolute atomic E-state index is 0.130. The van der Waals surface area contributed by atoms with E-state index in [0.29, 0.717) is 5.95 Å². The molecule has 0 bridgehead atoms. The Bertz CT molecular complexity index is 756. The Kier molecular flexibility index (Phi) is 3.33. The van der Waals surface area contributed by atoms with Crippen LogP contribution in [-0.4, -0.2) is 39.3 Å². The maximum Gasteiger partial charge on any atom is 0.226 e. The molecule has 0 saturated carbocycles. The van der Waals surface area contributed by atoms with Gasteiger partial charge in [0, 0.05) is 18.1 Å². The van der Waals surface area contributed by atoms with E-state index >= 15 is 0 Å². The first-order valence-electron chi connectivity index (χ1n) is 6.89. The molecule has 1 atom stereocenters. The Morgan fingerprint density at radius 2 is 2.24 bits per heavy atom. The summed E-state index contributed by atoms with van der Waals surface area (Å²) in [5.74, 6) is 0.711. The number of nitrogens with zero attached hydrogens (tertiary/aromatic N) is 4. The van der Waals surface area contributed by atoms with Crippen LogP contribution in [0.4, 0.5) is 5.95 Å². The van der Waals surface area contributed by atoms with Crippen LogP contribution in [-0.2, 0) is 0 Å². The first-order valence-corrected chi connectivity index (χ1v) is 8.65. The van der Waals surface area contributed by atoms with Crippen LogP contribution >= 0.6 is 22.7 Å². The number of hydrogen-bond donors (Lipinski definition) is 1. The molecular weight excluding hydrogens is 304 g/mol.